The van der Waals surface area contributed by atoms with Gasteiger partial charge in [-0.25, -0.2) is 4.52 Å². The molecule has 2 heterocycles. The van der Waals surface area contributed by atoms with Crippen LogP contribution in [0.25, 0.3) is 5.52 Å². The number of fused-ring (bicyclic) bond motifs is 1. The van der Waals surface area contributed by atoms with E-state index in [1.807, 2.05) is 17.6 Å². The van der Waals surface area contributed by atoms with Crippen LogP contribution in [0.3, 0.4) is 0 Å². The number of hydrogen-bond donors (Lipinski definition) is 1. The quantitative estimate of drug-likeness (QED) is 0.803. The van der Waals surface area contributed by atoms with Gasteiger partial charge in [0.05, 0.1) is 11.2 Å². The lowest BCUT2D eigenvalue weighted by atomic mass is 10.1. The normalized spacial score (nSPS) is 24.7. The van der Waals surface area contributed by atoms with Crippen molar-refractivity contribution in [3.05, 3.63) is 35.7 Å². The van der Waals surface area contributed by atoms with E-state index in [1.54, 1.807) is 0 Å². The van der Waals surface area contributed by atoms with Gasteiger partial charge in [-0.3, -0.25) is 0 Å². The molecule has 2 aromatic heterocycles. The Morgan fingerprint density at radius 2 is 2.47 bits per heavy atom. The van der Waals surface area contributed by atoms with Crippen LogP contribution in [0, 0.1) is 12.8 Å². The van der Waals surface area contributed by atoms with Crippen molar-refractivity contribution in [1.82, 2.24) is 9.61 Å². The molecule has 0 aromatic carbocycles. The van der Waals surface area contributed by atoms with Crippen LogP contribution in [0.4, 0.5) is 0 Å². The van der Waals surface area contributed by atoms with E-state index in [9.17, 15) is 0 Å². The molecule has 0 spiro atoms. The summed E-state index contributed by atoms with van der Waals surface area (Å²) >= 11 is 0. The highest BCUT2D eigenvalue weighted by Crippen LogP contribution is 2.47. The van der Waals surface area contributed by atoms with Crippen molar-refractivity contribution < 1.29 is 0 Å². The van der Waals surface area contributed by atoms with E-state index in [2.05, 4.69) is 23.3 Å². The molecule has 2 atom stereocenters. The van der Waals surface area contributed by atoms with E-state index in [0.717, 1.165) is 12.2 Å². The summed E-state index contributed by atoms with van der Waals surface area (Å²) in [6, 6.07) is 6.43. The Morgan fingerprint density at radius 1 is 1.60 bits per heavy atom. The summed E-state index contributed by atoms with van der Waals surface area (Å²) < 4.78 is 1.97. The Balaban J connectivity index is 2.10. The summed E-state index contributed by atoms with van der Waals surface area (Å²) in [6.45, 7) is 2.84. The van der Waals surface area contributed by atoms with Gasteiger partial charge in [0.2, 0.25) is 0 Å². The highest BCUT2D eigenvalue weighted by Gasteiger charge is 2.38. The Kier molecular flexibility index (Phi) is 1.83. The van der Waals surface area contributed by atoms with Gasteiger partial charge < -0.3 is 5.73 Å². The first-order valence-corrected chi connectivity index (χ1v) is 5.44. The summed E-state index contributed by atoms with van der Waals surface area (Å²) in [6.07, 6.45) is 3.24. The van der Waals surface area contributed by atoms with Crippen LogP contribution in [0.15, 0.2) is 24.4 Å². The maximum Gasteiger partial charge on any atom is 0.0699 e. The van der Waals surface area contributed by atoms with Gasteiger partial charge in [0.15, 0.2) is 0 Å². The maximum atomic E-state index is 5.69. The Bertz CT molecular complexity index is 501. The smallest absolute Gasteiger partial charge is 0.0699 e. The molecule has 0 amide bonds. The summed E-state index contributed by atoms with van der Waals surface area (Å²) in [5.41, 5.74) is 9.42. The molecule has 3 nitrogen and oxygen atoms in total. The van der Waals surface area contributed by atoms with Crippen LogP contribution >= 0.6 is 0 Å². The first-order valence-electron chi connectivity index (χ1n) is 5.44. The molecule has 2 aromatic rings. The fraction of sp³-hybridized carbons (Fsp3) is 0.417. The predicted octanol–water partition coefficient (Wildman–Crippen LogP) is 1.70. The molecule has 1 aliphatic rings. The highest BCUT2D eigenvalue weighted by molar-refractivity contribution is 5.58. The van der Waals surface area contributed by atoms with Crippen molar-refractivity contribution in [3.8, 4) is 0 Å². The van der Waals surface area contributed by atoms with Crippen LogP contribution in [0.1, 0.15) is 23.6 Å². The van der Waals surface area contributed by atoms with Crippen molar-refractivity contribution in [1.29, 1.82) is 0 Å². The third-order valence-corrected chi connectivity index (χ3v) is 3.28. The molecule has 78 valence electrons. The van der Waals surface area contributed by atoms with E-state index in [0.29, 0.717) is 11.8 Å². The molecule has 2 N–H and O–H groups in total. The number of nitrogens with two attached hydrogens (primary N) is 1. The average Bonchev–Trinajstić information content (AvgIpc) is 2.91. The highest BCUT2D eigenvalue weighted by atomic mass is 15.2. The van der Waals surface area contributed by atoms with Crippen LogP contribution < -0.4 is 5.73 Å². The van der Waals surface area contributed by atoms with Crippen LogP contribution in [-0.2, 0) is 0 Å². The van der Waals surface area contributed by atoms with Crippen molar-refractivity contribution in [2.45, 2.75) is 19.3 Å². The zero-order valence-corrected chi connectivity index (χ0v) is 8.85. The Labute approximate surface area is 88.9 Å². The second-order valence-corrected chi connectivity index (χ2v) is 4.42. The van der Waals surface area contributed by atoms with Crippen LogP contribution in [0.2, 0.25) is 0 Å². The molecule has 0 saturated heterocycles. The Morgan fingerprint density at radius 3 is 3.20 bits per heavy atom. The minimum absolute atomic E-state index is 0.662. The van der Waals surface area contributed by atoms with Crippen LogP contribution in [0.5, 0.6) is 0 Å². The third-order valence-electron chi connectivity index (χ3n) is 3.28. The minimum Gasteiger partial charge on any atom is -0.330 e. The monoisotopic (exact) mass is 201 g/mol. The largest absolute Gasteiger partial charge is 0.330 e. The van der Waals surface area contributed by atoms with E-state index >= 15 is 0 Å². The van der Waals surface area contributed by atoms with E-state index < -0.39 is 0 Å². The first kappa shape index (κ1) is 8.92. The number of aryl methyl sites for hydroxylation is 1. The SMILES string of the molecule is Cc1cc2c(C3CC3CN)cccn2n1. The van der Waals surface area contributed by atoms with Gasteiger partial charge in [-0.05, 0) is 49.4 Å². The molecule has 0 aliphatic heterocycles. The number of aromatic nitrogens is 2. The lowest BCUT2D eigenvalue weighted by molar-refractivity contribution is 0.808. The zero-order valence-electron chi connectivity index (χ0n) is 8.85. The molecule has 0 radical (unpaired) electrons. The van der Waals surface area contributed by atoms with Gasteiger partial charge in [-0.1, -0.05) is 6.07 Å². The first-order chi connectivity index (χ1) is 7.29. The molecule has 1 fully saturated rings. The van der Waals surface area contributed by atoms with Crippen molar-refractivity contribution in [2.24, 2.45) is 11.7 Å². The second-order valence-electron chi connectivity index (χ2n) is 4.42. The van der Waals surface area contributed by atoms with Crippen LogP contribution in [-0.4, -0.2) is 16.2 Å². The van der Waals surface area contributed by atoms with Crippen molar-refractivity contribution in [3.63, 3.8) is 0 Å². The fourth-order valence-electron chi connectivity index (χ4n) is 2.36. The molecule has 15 heavy (non-hydrogen) atoms. The molecule has 1 aliphatic carbocycles. The number of pyridine rings is 1. The zero-order chi connectivity index (χ0) is 10.4. The maximum absolute atomic E-state index is 5.69. The van der Waals surface area contributed by atoms with Gasteiger partial charge >= 0.3 is 0 Å². The second kappa shape index (κ2) is 3.07. The molecule has 2 unspecified atom stereocenters. The molecule has 0 bridgehead atoms. The number of hydrogen-bond acceptors (Lipinski definition) is 2. The molecule has 3 rings (SSSR count). The standard InChI is InChI=1S/C12H15N3/c1-8-5-12-10(11-6-9(11)7-13)3-2-4-15(12)14-8/h2-5,9,11H,6-7,13H2,1H3. The average molecular weight is 201 g/mol. The lowest BCUT2D eigenvalue weighted by Gasteiger charge is -2.01. The summed E-state index contributed by atoms with van der Waals surface area (Å²) in [5.74, 6) is 1.35. The van der Waals surface area contributed by atoms with E-state index in [-0.39, 0.29) is 0 Å². The van der Waals surface area contributed by atoms with Gasteiger partial charge in [0, 0.05) is 6.20 Å². The predicted molar refractivity (Wildman–Crippen MR) is 59.8 cm³/mol. The number of rotatable bonds is 2. The summed E-state index contributed by atoms with van der Waals surface area (Å²) in [7, 11) is 0. The summed E-state index contributed by atoms with van der Waals surface area (Å²) in [4.78, 5) is 0. The van der Waals surface area contributed by atoms with Gasteiger partial charge in [0.25, 0.3) is 0 Å². The summed E-state index contributed by atoms with van der Waals surface area (Å²) in [5, 5.41) is 4.42. The van der Waals surface area contributed by atoms with E-state index in [1.165, 1.54) is 17.5 Å². The van der Waals surface area contributed by atoms with Gasteiger partial charge in [0.1, 0.15) is 0 Å². The molecular formula is C12H15N3. The Hall–Kier alpha value is -1.35. The lowest BCUT2D eigenvalue weighted by Crippen LogP contribution is -2.02. The third kappa shape index (κ3) is 1.35. The van der Waals surface area contributed by atoms with Gasteiger partial charge in [-0.2, -0.15) is 5.10 Å². The molecular weight excluding hydrogens is 186 g/mol. The van der Waals surface area contributed by atoms with Crippen molar-refractivity contribution >= 4 is 5.52 Å². The molecule has 1 saturated carbocycles. The molecule has 3 heteroatoms. The van der Waals surface area contributed by atoms with Gasteiger partial charge in [-0.15, -0.1) is 0 Å². The fourth-order valence-corrected chi connectivity index (χ4v) is 2.36. The minimum atomic E-state index is 0.662. The topological polar surface area (TPSA) is 43.3 Å². The van der Waals surface area contributed by atoms with E-state index in [4.69, 9.17) is 5.73 Å². The van der Waals surface area contributed by atoms with Crippen molar-refractivity contribution in [2.75, 3.05) is 6.54 Å². The number of nitrogens with zero attached hydrogens (tertiary/aromatic N) is 2.